The Balaban J connectivity index is 1.67. The summed E-state index contributed by atoms with van der Waals surface area (Å²) in [5.41, 5.74) is 12.9. The fraction of sp³-hybridized carbons (Fsp3) is 0.370. The molecule has 2 amide bonds. The van der Waals surface area contributed by atoms with Crippen molar-refractivity contribution in [1.29, 1.82) is 5.41 Å². The first-order valence-electron chi connectivity index (χ1n) is 12.6. The molecule has 6 N–H and O–H groups in total. The molecule has 3 atom stereocenters. The maximum atomic E-state index is 14.0. The smallest absolute Gasteiger partial charge is 0.243 e. The molecule has 1 aliphatic heterocycles. The third-order valence-corrected chi connectivity index (χ3v) is 8.00. The van der Waals surface area contributed by atoms with E-state index in [0.717, 1.165) is 15.8 Å². The van der Waals surface area contributed by atoms with Crippen molar-refractivity contribution in [2.24, 2.45) is 11.5 Å². The third kappa shape index (κ3) is 6.24. The standard InChI is InChI=1S/C27H33N7O3S/c1-33(27(29)30)13-7-11-20(24(36)26-31-19-10-5-6-12-22(19)38-26)34-16-18(17-8-3-2-4-9-17)14-21(34)25(37)32-23(35)15-28/h2-6,8-10,12,18,20-21H,7,11,13-16,28H2,1H3,(H3,29,30)(H,32,35,37)/t18?,20-,21-/m0/s1. The fourth-order valence-electron chi connectivity index (χ4n) is 4.91. The molecule has 4 rings (SSSR count). The minimum atomic E-state index is -0.690. The number of amides is 2. The average molecular weight is 536 g/mol. The van der Waals surface area contributed by atoms with Gasteiger partial charge in [-0.3, -0.25) is 30.0 Å². The van der Waals surface area contributed by atoms with Gasteiger partial charge in [0.15, 0.2) is 11.0 Å². The minimum Gasteiger partial charge on any atom is -0.370 e. The lowest BCUT2D eigenvalue weighted by Gasteiger charge is -2.31. The van der Waals surface area contributed by atoms with Crippen LogP contribution in [0.2, 0.25) is 0 Å². The number of nitrogens with zero attached hydrogens (tertiary/aromatic N) is 3. The van der Waals surface area contributed by atoms with Gasteiger partial charge in [-0.1, -0.05) is 42.5 Å². The maximum Gasteiger partial charge on any atom is 0.243 e. The number of para-hydroxylation sites is 1. The van der Waals surface area contributed by atoms with Crippen LogP contribution in [0.5, 0.6) is 0 Å². The quantitative estimate of drug-likeness (QED) is 0.174. The highest BCUT2D eigenvalue weighted by Crippen LogP contribution is 2.36. The van der Waals surface area contributed by atoms with E-state index in [9.17, 15) is 14.4 Å². The molecule has 0 saturated carbocycles. The second-order valence-electron chi connectivity index (χ2n) is 9.49. The molecule has 11 heteroatoms. The van der Waals surface area contributed by atoms with Gasteiger partial charge in [0, 0.05) is 20.1 Å². The van der Waals surface area contributed by atoms with E-state index in [-0.39, 0.29) is 24.2 Å². The molecule has 0 spiro atoms. The number of hydrogen-bond acceptors (Lipinski definition) is 8. The van der Waals surface area contributed by atoms with E-state index in [1.54, 1.807) is 11.9 Å². The zero-order valence-corrected chi connectivity index (χ0v) is 22.1. The monoisotopic (exact) mass is 535 g/mol. The van der Waals surface area contributed by atoms with Crippen LogP contribution in [-0.2, 0) is 9.59 Å². The number of hydrogen-bond donors (Lipinski definition) is 4. The van der Waals surface area contributed by atoms with Gasteiger partial charge in [-0.2, -0.15) is 0 Å². The van der Waals surface area contributed by atoms with Gasteiger partial charge in [-0.15, -0.1) is 11.3 Å². The van der Waals surface area contributed by atoms with Gasteiger partial charge in [-0.25, -0.2) is 4.98 Å². The van der Waals surface area contributed by atoms with Crippen LogP contribution in [-0.4, -0.2) is 77.1 Å². The molecule has 1 fully saturated rings. The first-order chi connectivity index (χ1) is 18.3. The number of nitrogens with two attached hydrogens (primary N) is 2. The minimum absolute atomic E-state index is 0.00508. The maximum absolute atomic E-state index is 14.0. The molecule has 0 radical (unpaired) electrons. The first-order valence-corrected chi connectivity index (χ1v) is 13.4. The van der Waals surface area contributed by atoms with Gasteiger partial charge in [0.05, 0.1) is 28.8 Å². The Morgan fingerprint density at radius 1 is 1.18 bits per heavy atom. The molecule has 1 saturated heterocycles. The van der Waals surface area contributed by atoms with E-state index in [2.05, 4.69) is 10.3 Å². The van der Waals surface area contributed by atoms with E-state index in [0.29, 0.717) is 37.4 Å². The summed E-state index contributed by atoms with van der Waals surface area (Å²) in [6.07, 6.45) is 1.47. The zero-order valence-electron chi connectivity index (χ0n) is 21.3. The van der Waals surface area contributed by atoms with Gasteiger partial charge in [-0.05, 0) is 42.9 Å². The number of fused-ring (bicyclic) bond motifs is 1. The normalized spacial score (nSPS) is 18.3. The van der Waals surface area contributed by atoms with Crippen LogP contribution in [0, 0.1) is 5.41 Å². The highest BCUT2D eigenvalue weighted by atomic mass is 32.1. The largest absolute Gasteiger partial charge is 0.370 e. The van der Waals surface area contributed by atoms with Gasteiger partial charge >= 0.3 is 0 Å². The van der Waals surface area contributed by atoms with Crippen molar-refractivity contribution in [2.45, 2.75) is 37.3 Å². The highest BCUT2D eigenvalue weighted by molar-refractivity contribution is 7.20. The first kappa shape index (κ1) is 27.4. The van der Waals surface area contributed by atoms with Crippen LogP contribution in [0.3, 0.4) is 0 Å². The summed E-state index contributed by atoms with van der Waals surface area (Å²) in [5, 5.41) is 10.4. The SMILES string of the molecule is CN(CCC[C@@H](C(=O)c1nc2ccccc2s1)N1CC(c2ccccc2)C[C@H]1C(=O)NC(=O)CN)C(=N)N. The highest BCUT2D eigenvalue weighted by Gasteiger charge is 2.44. The van der Waals surface area contributed by atoms with Crippen molar-refractivity contribution in [3.05, 3.63) is 65.2 Å². The van der Waals surface area contributed by atoms with Crippen LogP contribution in [0.25, 0.3) is 10.2 Å². The summed E-state index contributed by atoms with van der Waals surface area (Å²) in [6.45, 7) is 0.659. The van der Waals surface area contributed by atoms with Gasteiger partial charge in [0.2, 0.25) is 17.6 Å². The molecule has 2 heterocycles. The topological polar surface area (TPSA) is 159 Å². The second-order valence-corrected chi connectivity index (χ2v) is 10.5. The average Bonchev–Trinajstić information content (AvgIpc) is 3.56. The number of nitrogens with one attached hydrogen (secondary N) is 2. The number of carbonyl (C=O) groups is 3. The lowest BCUT2D eigenvalue weighted by Crippen LogP contribution is -2.52. The van der Waals surface area contributed by atoms with Crippen molar-refractivity contribution >= 4 is 45.1 Å². The summed E-state index contributed by atoms with van der Waals surface area (Å²) in [6, 6.07) is 16.1. The summed E-state index contributed by atoms with van der Waals surface area (Å²) >= 11 is 1.34. The third-order valence-electron chi connectivity index (χ3n) is 6.95. The Morgan fingerprint density at radius 3 is 2.58 bits per heavy atom. The lowest BCUT2D eigenvalue weighted by molar-refractivity contribution is -0.132. The number of ketones is 1. The number of rotatable bonds is 10. The van der Waals surface area contributed by atoms with E-state index in [1.165, 1.54) is 11.3 Å². The molecule has 2 aromatic carbocycles. The molecule has 1 unspecified atom stereocenters. The van der Waals surface area contributed by atoms with E-state index < -0.39 is 23.9 Å². The molecule has 1 aromatic heterocycles. The predicted octanol–water partition coefficient (Wildman–Crippen LogP) is 1.91. The molecule has 200 valence electrons. The molecule has 1 aliphatic rings. The number of imide groups is 1. The number of aromatic nitrogens is 1. The van der Waals surface area contributed by atoms with Crippen LogP contribution in [0.1, 0.15) is 40.5 Å². The van der Waals surface area contributed by atoms with Crippen molar-refractivity contribution in [3.8, 4) is 0 Å². The Bertz CT molecular complexity index is 1280. The van der Waals surface area contributed by atoms with Crippen LogP contribution in [0.4, 0.5) is 0 Å². The molecule has 10 nitrogen and oxygen atoms in total. The number of benzene rings is 2. The predicted molar refractivity (Wildman–Crippen MR) is 148 cm³/mol. The molecule has 3 aromatic rings. The van der Waals surface area contributed by atoms with E-state index >= 15 is 0 Å². The Kier molecular flexibility index (Phi) is 8.82. The Hall–Kier alpha value is -3.67. The van der Waals surface area contributed by atoms with Crippen LogP contribution in [0.15, 0.2) is 54.6 Å². The Labute approximate surface area is 225 Å². The van der Waals surface area contributed by atoms with Crippen molar-refractivity contribution in [1.82, 2.24) is 20.1 Å². The number of Topliss-reactive ketones (excluding diaryl/α,β-unsaturated/α-hetero) is 1. The van der Waals surface area contributed by atoms with E-state index in [1.807, 2.05) is 59.5 Å². The zero-order chi connectivity index (χ0) is 27.2. The summed E-state index contributed by atoms with van der Waals surface area (Å²) in [4.78, 5) is 47.4. The van der Waals surface area contributed by atoms with Crippen LogP contribution < -0.4 is 16.8 Å². The van der Waals surface area contributed by atoms with Gasteiger partial charge in [0.25, 0.3) is 0 Å². The summed E-state index contributed by atoms with van der Waals surface area (Å²) in [7, 11) is 1.72. The molecular weight excluding hydrogens is 502 g/mol. The van der Waals surface area contributed by atoms with Crippen molar-refractivity contribution < 1.29 is 14.4 Å². The fourth-order valence-corrected chi connectivity index (χ4v) is 5.87. The number of guanidine groups is 1. The Morgan fingerprint density at radius 2 is 1.89 bits per heavy atom. The van der Waals surface area contributed by atoms with E-state index in [4.69, 9.17) is 16.9 Å². The van der Waals surface area contributed by atoms with Gasteiger partial charge in [0.1, 0.15) is 0 Å². The van der Waals surface area contributed by atoms with Crippen molar-refractivity contribution in [2.75, 3.05) is 26.7 Å². The lowest BCUT2D eigenvalue weighted by atomic mass is 9.96. The number of carbonyl (C=O) groups excluding carboxylic acids is 3. The molecule has 38 heavy (non-hydrogen) atoms. The molecule has 0 aliphatic carbocycles. The molecule has 0 bridgehead atoms. The summed E-state index contributed by atoms with van der Waals surface area (Å²) in [5.74, 6) is -1.22. The van der Waals surface area contributed by atoms with Gasteiger partial charge < -0.3 is 16.4 Å². The number of thiazole rings is 1. The second kappa shape index (κ2) is 12.2. The summed E-state index contributed by atoms with van der Waals surface area (Å²) < 4.78 is 0.914. The van der Waals surface area contributed by atoms with Crippen LogP contribution >= 0.6 is 11.3 Å². The number of likely N-dealkylation sites (tertiary alicyclic amines) is 1. The van der Waals surface area contributed by atoms with Crippen molar-refractivity contribution in [3.63, 3.8) is 0 Å². The molecular formula is C27H33N7O3S.